The van der Waals surface area contributed by atoms with Crippen LogP contribution in [-0.2, 0) is 16.0 Å². The molecule has 0 aromatic heterocycles. The monoisotopic (exact) mass is 272 g/mol. The second-order valence-corrected chi connectivity index (χ2v) is 4.82. The lowest BCUT2D eigenvalue weighted by molar-refractivity contribution is -0.142. The Balaban J connectivity index is 2.06. The molecule has 20 heavy (non-hydrogen) atoms. The number of rotatable bonds is 5. The molecule has 1 N–H and O–H groups in total. The van der Waals surface area contributed by atoms with Crippen LogP contribution in [-0.4, -0.2) is 31.1 Å². The molecule has 1 aliphatic heterocycles. The lowest BCUT2D eigenvalue weighted by atomic mass is 10.1. The maximum absolute atomic E-state index is 11.9. The molecule has 0 aliphatic carbocycles. The predicted molar refractivity (Wildman–Crippen MR) is 78.7 cm³/mol. The molecule has 1 aromatic carbocycles. The van der Waals surface area contributed by atoms with Crippen molar-refractivity contribution in [2.45, 2.75) is 18.9 Å². The molecule has 2 rings (SSSR count). The van der Waals surface area contributed by atoms with Gasteiger partial charge < -0.3 is 15.0 Å². The van der Waals surface area contributed by atoms with Crippen molar-refractivity contribution < 1.29 is 9.53 Å². The molecule has 0 saturated carbocycles. The highest BCUT2D eigenvalue weighted by molar-refractivity contribution is 5.76. The van der Waals surface area contributed by atoms with E-state index in [0.29, 0.717) is 6.42 Å². The number of benzene rings is 1. The molecule has 4 heteroatoms. The lowest BCUT2D eigenvalue weighted by Crippen LogP contribution is -2.39. The number of esters is 1. The van der Waals surface area contributed by atoms with Crippen molar-refractivity contribution in [2.24, 2.45) is 0 Å². The maximum atomic E-state index is 11.9. The van der Waals surface area contributed by atoms with Gasteiger partial charge in [0.05, 0.1) is 7.11 Å². The number of carbonyl (C=O) groups is 1. The molecule has 0 amide bonds. The van der Waals surface area contributed by atoms with Crippen LogP contribution in [0.25, 0.3) is 0 Å². The summed E-state index contributed by atoms with van der Waals surface area (Å²) in [6.07, 6.45) is 7.44. The molecule has 1 aromatic rings. The average Bonchev–Trinajstić information content (AvgIpc) is 2.47. The summed E-state index contributed by atoms with van der Waals surface area (Å²) in [4.78, 5) is 13.9. The topological polar surface area (TPSA) is 41.6 Å². The summed E-state index contributed by atoms with van der Waals surface area (Å²) in [5.41, 5.74) is 2.12. The molecule has 0 spiro atoms. The number of hydrogen-bond donors (Lipinski definition) is 1. The van der Waals surface area contributed by atoms with Crippen LogP contribution in [0.5, 0.6) is 0 Å². The molecule has 0 saturated heterocycles. The highest BCUT2D eigenvalue weighted by Crippen LogP contribution is 2.11. The Morgan fingerprint density at radius 1 is 1.40 bits per heavy atom. The van der Waals surface area contributed by atoms with Gasteiger partial charge in [-0.05, 0) is 11.8 Å². The zero-order chi connectivity index (χ0) is 14.4. The van der Waals surface area contributed by atoms with Crippen molar-refractivity contribution in [3.63, 3.8) is 0 Å². The number of nitrogens with one attached hydrogen (secondary N) is 1. The molecular weight excluding hydrogens is 252 g/mol. The van der Waals surface area contributed by atoms with Crippen LogP contribution >= 0.6 is 0 Å². The SMILES string of the molecule is COC(=O)[C@H](Cc1ccccc1)NC1=CN(C)C=CC1. The van der Waals surface area contributed by atoms with Gasteiger partial charge in [0.2, 0.25) is 0 Å². The minimum absolute atomic E-state index is 0.244. The third-order valence-electron chi connectivity index (χ3n) is 3.17. The zero-order valence-electron chi connectivity index (χ0n) is 11.9. The molecule has 1 aliphatic rings. The standard InChI is InChI=1S/C16H20N2O2/c1-18-10-6-9-14(12-18)17-15(16(19)20-2)11-13-7-4-3-5-8-13/h3-8,10,12,15,17H,9,11H2,1-2H3/t15-/m0/s1. The molecule has 0 unspecified atom stereocenters. The zero-order valence-corrected chi connectivity index (χ0v) is 11.9. The molecule has 1 heterocycles. The van der Waals surface area contributed by atoms with Gasteiger partial charge in [-0.2, -0.15) is 0 Å². The van der Waals surface area contributed by atoms with Crippen LogP contribution in [0.3, 0.4) is 0 Å². The molecule has 0 bridgehead atoms. The Hall–Kier alpha value is -2.23. The van der Waals surface area contributed by atoms with Gasteiger partial charge in [-0.15, -0.1) is 0 Å². The summed E-state index contributed by atoms with van der Waals surface area (Å²) < 4.78 is 4.89. The van der Waals surface area contributed by atoms with Gasteiger partial charge in [0.15, 0.2) is 0 Å². The van der Waals surface area contributed by atoms with E-state index in [1.807, 2.05) is 54.7 Å². The van der Waals surface area contributed by atoms with E-state index in [1.165, 1.54) is 7.11 Å². The van der Waals surface area contributed by atoms with Crippen LogP contribution in [0.2, 0.25) is 0 Å². The number of nitrogens with zero attached hydrogens (tertiary/aromatic N) is 1. The van der Waals surface area contributed by atoms with Crippen LogP contribution < -0.4 is 5.32 Å². The van der Waals surface area contributed by atoms with E-state index in [1.54, 1.807) is 0 Å². The highest BCUT2D eigenvalue weighted by atomic mass is 16.5. The Bertz CT molecular complexity index is 508. The predicted octanol–water partition coefficient (Wildman–Crippen LogP) is 2.05. The normalized spacial score (nSPS) is 15.5. The fourth-order valence-corrected chi connectivity index (χ4v) is 2.19. The smallest absolute Gasteiger partial charge is 0.328 e. The maximum Gasteiger partial charge on any atom is 0.328 e. The summed E-state index contributed by atoms with van der Waals surface area (Å²) in [7, 11) is 3.38. The van der Waals surface area contributed by atoms with E-state index in [-0.39, 0.29) is 12.0 Å². The van der Waals surface area contributed by atoms with E-state index < -0.39 is 0 Å². The molecule has 1 atom stereocenters. The van der Waals surface area contributed by atoms with Crippen molar-refractivity contribution >= 4 is 5.97 Å². The Kier molecular flexibility index (Phi) is 4.82. The minimum atomic E-state index is -0.367. The van der Waals surface area contributed by atoms with Gasteiger partial charge in [-0.25, -0.2) is 4.79 Å². The van der Waals surface area contributed by atoms with E-state index >= 15 is 0 Å². The summed E-state index contributed by atoms with van der Waals surface area (Å²) in [5.74, 6) is -0.244. The Morgan fingerprint density at radius 2 is 2.15 bits per heavy atom. The Labute approximate surface area is 119 Å². The van der Waals surface area contributed by atoms with Gasteiger partial charge >= 0.3 is 5.97 Å². The molecule has 106 valence electrons. The molecule has 4 nitrogen and oxygen atoms in total. The number of carbonyl (C=O) groups excluding carboxylic acids is 1. The van der Waals surface area contributed by atoms with Gasteiger partial charge in [0, 0.05) is 31.8 Å². The number of hydrogen-bond acceptors (Lipinski definition) is 4. The van der Waals surface area contributed by atoms with Crippen molar-refractivity contribution in [3.8, 4) is 0 Å². The van der Waals surface area contributed by atoms with Crippen molar-refractivity contribution in [1.29, 1.82) is 0 Å². The Morgan fingerprint density at radius 3 is 2.80 bits per heavy atom. The number of methoxy groups -OCH3 is 1. The third-order valence-corrected chi connectivity index (χ3v) is 3.17. The van der Waals surface area contributed by atoms with E-state index in [9.17, 15) is 4.79 Å². The van der Waals surface area contributed by atoms with E-state index in [4.69, 9.17) is 4.74 Å². The van der Waals surface area contributed by atoms with E-state index in [2.05, 4.69) is 11.4 Å². The second-order valence-electron chi connectivity index (χ2n) is 4.82. The van der Waals surface area contributed by atoms with Crippen LogP contribution in [0.15, 0.2) is 54.5 Å². The first-order valence-electron chi connectivity index (χ1n) is 6.66. The largest absolute Gasteiger partial charge is 0.467 e. The summed E-state index contributed by atoms with van der Waals surface area (Å²) in [5, 5.41) is 3.28. The van der Waals surface area contributed by atoms with Crippen LogP contribution in [0.1, 0.15) is 12.0 Å². The first-order valence-corrected chi connectivity index (χ1v) is 6.66. The second kappa shape index (κ2) is 6.80. The van der Waals surface area contributed by atoms with Crippen LogP contribution in [0.4, 0.5) is 0 Å². The van der Waals surface area contributed by atoms with Gasteiger partial charge in [0.1, 0.15) is 6.04 Å². The highest BCUT2D eigenvalue weighted by Gasteiger charge is 2.20. The molecule has 0 radical (unpaired) electrons. The summed E-state index contributed by atoms with van der Waals surface area (Å²) in [6.45, 7) is 0. The first kappa shape index (κ1) is 14.2. The fraction of sp³-hybridized carbons (Fsp3) is 0.312. The average molecular weight is 272 g/mol. The van der Waals surface area contributed by atoms with Crippen molar-refractivity contribution in [2.75, 3.05) is 14.2 Å². The lowest BCUT2D eigenvalue weighted by Gasteiger charge is -2.23. The molecular formula is C16H20N2O2. The van der Waals surface area contributed by atoms with Gasteiger partial charge in [-0.1, -0.05) is 36.4 Å². The van der Waals surface area contributed by atoms with Crippen molar-refractivity contribution in [3.05, 3.63) is 60.1 Å². The van der Waals surface area contributed by atoms with Crippen LogP contribution in [0, 0.1) is 0 Å². The minimum Gasteiger partial charge on any atom is -0.467 e. The number of allylic oxidation sites excluding steroid dienone is 1. The fourth-order valence-electron chi connectivity index (χ4n) is 2.19. The van der Waals surface area contributed by atoms with Gasteiger partial charge in [-0.3, -0.25) is 0 Å². The summed E-state index contributed by atoms with van der Waals surface area (Å²) >= 11 is 0. The van der Waals surface area contributed by atoms with Gasteiger partial charge in [0.25, 0.3) is 0 Å². The molecule has 0 fully saturated rings. The number of ether oxygens (including phenoxy) is 1. The van der Waals surface area contributed by atoms with E-state index in [0.717, 1.165) is 17.7 Å². The summed E-state index contributed by atoms with van der Waals surface area (Å²) in [6, 6.07) is 9.57. The first-order chi connectivity index (χ1) is 9.69. The quantitative estimate of drug-likeness (QED) is 0.833. The van der Waals surface area contributed by atoms with Crippen molar-refractivity contribution in [1.82, 2.24) is 10.2 Å². The third kappa shape index (κ3) is 3.88.